The minimum atomic E-state index is -4.96. The van der Waals surface area contributed by atoms with Crippen molar-refractivity contribution in [2.24, 2.45) is 0 Å². The Bertz CT molecular complexity index is 1250. The predicted octanol–water partition coefficient (Wildman–Crippen LogP) is 7.28. The number of ether oxygens (including phenoxy) is 2. The molecule has 0 aliphatic heterocycles. The van der Waals surface area contributed by atoms with E-state index in [2.05, 4.69) is 15.0 Å². The number of aromatic nitrogens is 1. The summed E-state index contributed by atoms with van der Waals surface area (Å²) in [6.07, 6.45) is -4.31. The van der Waals surface area contributed by atoms with Crippen LogP contribution < -0.4 is 14.8 Å². The number of benzene rings is 2. The van der Waals surface area contributed by atoms with Crippen LogP contribution in [-0.4, -0.2) is 23.7 Å². The van der Waals surface area contributed by atoms with Gasteiger partial charge >= 0.3 is 12.4 Å². The van der Waals surface area contributed by atoms with Gasteiger partial charge in [-0.3, -0.25) is 9.78 Å². The number of nitrogens with zero attached hydrogens (tertiary/aromatic N) is 1. The summed E-state index contributed by atoms with van der Waals surface area (Å²) in [4.78, 5) is 16.4. The Balaban J connectivity index is 1.35. The number of pyridine rings is 1. The molecule has 0 fully saturated rings. The highest BCUT2D eigenvalue weighted by Gasteiger charge is 2.36. The van der Waals surface area contributed by atoms with E-state index < -0.39 is 36.2 Å². The van der Waals surface area contributed by atoms with Gasteiger partial charge in [0.15, 0.2) is 6.61 Å². The van der Waals surface area contributed by atoms with Gasteiger partial charge in [0.05, 0.1) is 5.56 Å². The smallest absolute Gasteiger partial charge is 0.422 e. The first-order valence-electron chi connectivity index (χ1n) is 11.4. The number of aryl methyl sites for hydroxylation is 1. The number of carbonyl (C=O) groups is 1. The number of carbonyl (C=O) groups excluding carboxylic acids is 1. The second-order valence-corrected chi connectivity index (χ2v) is 8.58. The Morgan fingerprint density at radius 3 is 2.43 bits per heavy atom. The Morgan fingerprint density at radius 1 is 0.973 bits per heavy atom. The molecule has 0 bridgehead atoms. The van der Waals surface area contributed by atoms with Gasteiger partial charge < -0.3 is 14.8 Å². The van der Waals surface area contributed by atoms with Crippen LogP contribution in [0.1, 0.15) is 41.9 Å². The van der Waals surface area contributed by atoms with Crippen molar-refractivity contribution >= 4 is 11.6 Å². The average Bonchev–Trinajstić information content (AvgIpc) is 3.23. The van der Waals surface area contributed by atoms with Crippen molar-refractivity contribution in [1.82, 2.24) is 4.98 Å². The lowest BCUT2D eigenvalue weighted by atomic mass is 9.96. The number of fused-ring (bicyclic) bond motifs is 1. The molecule has 0 saturated heterocycles. The molecule has 1 heterocycles. The number of halogens is 6. The quantitative estimate of drug-likeness (QED) is 0.315. The van der Waals surface area contributed by atoms with Crippen molar-refractivity contribution in [3.8, 4) is 17.2 Å². The zero-order valence-electron chi connectivity index (χ0n) is 19.3. The van der Waals surface area contributed by atoms with Gasteiger partial charge in [0, 0.05) is 24.5 Å². The van der Waals surface area contributed by atoms with Crippen LogP contribution in [0.15, 0.2) is 60.9 Å². The number of anilines is 1. The second-order valence-electron chi connectivity index (χ2n) is 8.58. The summed E-state index contributed by atoms with van der Waals surface area (Å²) >= 11 is 0. The van der Waals surface area contributed by atoms with E-state index >= 15 is 0 Å². The summed E-state index contributed by atoms with van der Waals surface area (Å²) in [7, 11) is 0. The van der Waals surface area contributed by atoms with Gasteiger partial charge in [0.25, 0.3) is 0 Å². The molecule has 1 aliphatic rings. The monoisotopic (exact) mass is 524 g/mol. The minimum Gasteiger partial charge on any atom is -0.483 e. The Morgan fingerprint density at radius 2 is 1.73 bits per heavy atom. The molecule has 0 spiro atoms. The maximum atomic E-state index is 13.3. The molecule has 1 aromatic heterocycles. The molecular weight excluding hydrogens is 502 g/mol. The van der Waals surface area contributed by atoms with Crippen LogP contribution in [-0.2, 0) is 17.4 Å². The summed E-state index contributed by atoms with van der Waals surface area (Å²) < 4.78 is 87.3. The average molecular weight is 524 g/mol. The van der Waals surface area contributed by atoms with Gasteiger partial charge in [-0.2, -0.15) is 26.3 Å². The van der Waals surface area contributed by atoms with E-state index in [0.717, 1.165) is 36.1 Å². The van der Waals surface area contributed by atoms with Crippen LogP contribution in [0, 0.1) is 0 Å². The minimum absolute atomic E-state index is 0.0625. The fourth-order valence-electron chi connectivity index (χ4n) is 4.23. The topological polar surface area (TPSA) is 60.5 Å². The third-order valence-corrected chi connectivity index (χ3v) is 5.88. The van der Waals surface area contributed by atoms with Crippen molar-refractivity contribution in [3.05, 3.63) is 77.6 Å². The highest BCUT2D eigenvalue weighted by Crippen LogP contribution is 2.40. The lowest BCUT2D eigenvalue weighted by Crippen LogP contribution is -2.21. The maximum absolute atomic E-state index is 13.3. The van der Waals surface area contributed by atoms with E-state index in [-0.39, 0.29) is 18.0 Å². The van der Waals surface area contributed by atoms with Gasteiger partial charge in [0.2, 0.25) is 5.91 Å². The predicted molar refractivity (Wildman–Crippen MR) is 123 cm³/mol. The molecule has 0 saturated carbocycles. The maximum Gasteiger partial charge on any atom is 0.422 e. The lowest BCUT2D eigenvalue weighted by Gasteiger charge is -2.17. The van der Waals surface area contributed by atoms with Crippen molar-refractivity contribution in [1.29, 1.82) is 0 Å². The van der Waals surface area contributed by atoms with Crippen LogP contribution in [0.2, 0.25) is 0 Å². The van der Waals surface area contributed by atoms with E-state index in [0.29, 0.717) is 24.0 Å². The van der Waals surface area contributed by atoms with Crippen molar-refractivity contribution in [2.75, 3.05) is 11.9 Å². The van der Waals surface area contributed by atoms with Crippen molar-refractivity contribution in [3.63, 3.8) is 0 Å². The number of nitrogens with one attached hydrogen (secondary N) is 1. The molecule has 11 heteroatoms. The molecule has 0 radical (unpaired) electrons. The number of rotatable bonds is 8. The van der Waals surface area contributed by atoms with Gasteiger partial charge in [0.1, 0.15) is 17.2 Å². The molecule has 2 aromatic carbocycles. The van der Waals surface area contributed by atoms with Gasteiger partial charge in [-0.15, -0.1) is 0 Å². The van der Waals surface area contributed by atoms with E-state index in [9.17, 15) is 31.1 Å². The molecule has 1 aliphatic carbocycles. The molecular formula is C26H22F6N2O3. The molecule has 1 unspecified atom stereocenters. The van der Waals surface area contributed by atoms with Crippen LogP contribution in [0.25, 0.3) is 0 Å². The second kappa shape index (κ2) is 10.7. The largest absolute Gasteiger partial charge is 0.483 e. The Kier molecular flexibility index (Phi) is 7.60. The first kappa shape index (κ1) is 26.3. The van der Waals surface area contributed by atoms with Gasteiger partial charge in [-0.25, -0.2) is 0 Å². The highest BCUT2D eigenvalue weighted by molar-refractivity contribution is 5.91. The van der Waals surface area contributed by atoms with Crippen LogP contribution in [0.3, 0.4) is 0 Å². The van der Waals surface area contributed by atoms with Crippen molar-refractivity contribution < 1.29 is 40.6 Å². The zero-order chi connectivity index (χ0) is 26.6. The fourth-order valence-corrected chi connectivity index (χ4v) is 4.23. The molecule has 196 valence electrons. The van der Waals surface area contributed by atoms with Crippen molar-refractivity contribution in [2.45, 2.75) is 44.0 Å². The van der Waals surface area contributed by atoms with E-state index in [1.54, 1.807) is 24.5 Å². The number of amides is 1. The van der Waals surface area contributed by atoms with Crippen LogP contribution in [0.5, 0.6) is 17.2 Å². The Labute approximate surface area is 208 Å². The zero-order valence-corrected chi connectivity index (χ0v) is 19.3. The first-order valence-corrected chi connectivity index (χ1v) is 11.4. The summed E-state index contributed by atoms with van der Waals surface area (Å²) in [5.41, 5.74) is 0.632. The van der Waals surface area contributed by atoms with Crippen LogP contribution in [0.4, 0.5) is 32.0 Å². The fraction of sp³-hybridized carbons (Fsp3) is 0.308. The third-order valence-electron chi connectivity index (χ3n) is 5.88. The highest BCUT2D eigenvalue weighted by atomic mass is 19.4. The van der Waals surface area contributed by atoms with E-state index in [1.807, 2.05) is 18.2 Å². The molecule has 3 aromatic rings. The van der Waals surface area contributed by atoms with E-state index in [4.69, 9.17) is 4.74 Å². The Hall–Kier alpha value is -3.76. The summed E-state index contributed by atoms with van der Waals surface area (Å²) in [6.45, 7) is -1.86. The van der Waals surface area contributed by atoms with Gasteiger partial charge in [-0.1, -0.05) is 6.07 Å². The number of alkyl halides is 6. The molecule has 1 N–H and O–H groups in total. The first-order chi connectivity index (χ1) is 17.5. The van der Waals surface area contributed by atoms with Gasteiger partial charge in [-0.05, 0) is 78.8 Å². The van der Waals surface area contributed by atoms with E-state index in [1.165, 1.54) is 0 Å². The normalized spacial score (nSPS) is 15.2. The lowest BCUT2D eigenvalue weighted by molar-refractivity contribution is -0.158. The molecule has 1 atom stereocenters. The molecule has 4 rings (SSSR count). The SMILES string of the molecule is O=C(CCC1CCc2cc(Oc3ccncc3)ccc21)Nc1ccc(OCC(F)(F)F)c(C(F)(F)F)c1. The summed E-state index contributed by atoms with van der Waals surface area (Å²) in [6, 6.07) is 11.7. The third kappa shape index (κ3) is 7.14. The molecule has 5 nitrogen and oxygen atoms in total. The van der Waals surface area contributed by atoms with Crippen LogP contribution >= 0.6 is 0 Å². The summed E-state index contributed by atoms with van der Waals surface area (Å²) in [5, 5.41) is 2.40. The molecule has 37 heavy (non-hydrogen) atoms. The molecule has 1 amide bonds. The standard InChI is InChI=1S/C26H22F6N2O3/c27-25(28,29)15-36-23-7-4-18(14-22(23)26(30,31)32)34-24(35)8-3-16-1-2-17-13-20(5-6-21(16)17)37-19-9-11-33-12-10-19/h4-7,9-14,16H,1-3,8,15H2,(H,34,35). The summed E-state index contributed by atoms with van der Waals surface area (Å²) in [5.74, 6) is 0.00159. The number of hydrogen-bond donors (Lipinski definition) is 1. The number of hydrogen-bond acceptors (Lipinski definition) is 4.